The average Bonchev–Trinajstić information content (AvgIpc) is 2.74. The van der Waals surface area contributed by atoms with Crippen molar-refractivity contribution in [2.75, 3.05) is 6.54 Å². The van der Waals surface area contributed by atoms with Gasteiger partial charge in [-0.1, -0.05) is 0 Å². The van der Waals surface area contributed by atoms with Crippen molar-refractivity contribution in [3.05, 3.63) is 46.8 Å². The maximum atomic E-state index is 14.1. The quantitative estimate of drug-likeness (QED) is 0.879. The minimum absolute atomic E-state index is 0.231. The minimum atomic E-state index is -0.642. The van der Waals surface area contributed by atoms with E-state index in [-0.39, 0.29) is 11.7 Å². The third-order valence-corrected chi connectivity index (χ3v) is 4.17. The van der Waals surface area contributed by atoms with Gasteiger partial charge in [-0.3, -0.25) is 4.90 Å². The highest BCUT2D eigenvalue weighted by atomic mass is 19.1. The zero-order valence-corrected chi connectivity index (χ0v) is 14.8. The third kappa shape index (κ3) is 3.99. The first-order valence-electron chi connectivity index (χ1n) is 8.13. The second-order valence-electron chi connectivity index (χ2n) is 6.53. The molecule has 0 radical (unpaired) electrons. The molecule has 1 aromatic carbocycles. The van der Waals surface area contributed by atoms with Crippen LogP contribution >= 0.6 is 0 Å². The Hall–Kier alpha value is -1.79. The third-order valence-electron chi connectivity index (χ3n) is 4.17. The smallest absolute Gasteiger partial charge is 0.151 e. The number of aliphatic hydroxyl groups excluding tert-OH is 1. The molecule has 0 aliphatic heterocycles. The second-order valence-corrected chi connectivity index (χ2v) is 6.53. The number of rotatable bonds is 6. The lowest BCUT2D eigenvalue weighted by Crippen LogP contribution is -2.36. The molecule has 0 fully saturated rings. The van der Waals surface area contributed by atoms with Gasteiger partial charge in [-0.05, 0) is 46.8 Å². The molecular formula is C18H25F2N3O. The molecule has 0 aliphatic carbocycles. The summed E-state index contributed by atoms with van der Waals surface area (Å²) < 4.78 is 28.7. The maximum absolute atomic E-state index is 14.1. The standard InChI is InChI=1S/C18H25F2N3O/c1-11(2)22(9-12(3)24)10-16-13(4)21-23(14(16)5)18-7-6-15(19)8-17(18)20/h6-8,11-12,24H,9-10H2,1-5H3. The van der Waals surface area contributed by atoms with Gasteiger partial charge >= 0.3 is 0 Å². The molecule has 4 nitrogen and oxygen atoms in total. The molecule has 1 heterocycles. The number of hydrogen-bond acceptors (Lipinski definition) is 3. The molecule has 0 spiro atoms. The van der Waals surface area contributed by atoms with Crippen molar-refractivity contribution in [1.29, 1.82) is 0 Å². The van der Waals surface area contributed by atoms with Crippen molar-refractivity contribution < 1.29 is 13.9 Å². The molecule has 6 heteroatoms. The lowest BCUT2D eigenvalue weighted by molar-refractivity contribution is 0.102. The molecule has 0 saturated carbocycles. The predicted molar refractivity (Wildman–Crippen MR) is 90.2 cm³/mol. The van der Waals surface area contributed by atoms with Crippen LogP contribution in [0.25, 0.3) is 5.69 Å². The summed E-state index contributed by atoms with van der Waals surface area (Å²) in [4.78, 5) is 2.15. The SMILES string of the molecule is Cc1nn(-c2ccc(F)cc2F)c(C)c1CN(CC(C)O)C(C)C. The molecule has 2 aromatic rings. The summed E-state index contributed by atoms with van der Waals surface area (Å²) >= 11 is 0. The van der Waals surface area contributed by atoms with Gasteiger partial charge in [0, 0.05) is 36.5 Å². The van der Waals surface area contributed by atoms with Gasteiger partial charge in [0.05, 0.1) is 11.8 Å². The van der Waals surface area contributed by atoms with Gasteiger partial charge in [0.15, 0.2) is 5.82 Å². The molecule has 1 unspecified atom stereocenters. The lowest BCUT2D eigenvalue weighted by atomic mass is 10.1. The van der Waals surface area contributed by atoms with E-state index in [0.717, 1.165) is 23.0 Å². The Morgan fingerprint density at radius 2 is 1.88 bits per heavy atom. The topological polar surface area (TPSA) is 41.3 Å². The Labute approximate surface area is 141 Å². The number of benzene rings is 1. The molecule has 0 aliphatic rings. The molecule has 1 atom stereocenters. The highest BCUT2D eigenvalue weighted by molar-refractivity contribution is 5.38. The minimum Gasteiger partial charge on any atom is -0.392 e. The Morgan fingerprint density at radius 1 is 1.21 bits per heavy atom. The van der Waals surface area contributed by atoms with Crippen molar-refractivity contribution in [3.8, 4) is 5.69 Å². The molecule has 0 bridgehead atoms. The van der Waals surface area contributed by atoms with Crippen molar-refractivity contribution in [2.24, 2.45) is 0 Å². The summed E-state index contributed by atoms with van der Waals surface area (Å²) in [6, 6.07) is 3.73. The van der Waals surface area contributed by atoms with Gasteiger partial charge in [-0.25, -0.2) is 13.5 Å². The number of aryl methyl sites for hydroxylation is 1. The summed E-state index contributed by atoms with van der Waals surface area (Å²) in [6.07, 6.45) is -0.433. The number of aliphatic hydroxyl groups is 1. The predicted octanol–water partition coefficient (Wildman–Crippen LogP) is 3.36. The first kappa shape index (κ1) is 18.5. The van der Waals surface area contributed by atoms with Gasteiger partial charge in [-0.15, -0.1) is 0 Å². The van der Waals surface area contributed by atoms with E-state index >= 15 is 0 Å². The molecule has 2 rings (SSSR count). The first-order valence-corrected chi connectivity index (χ1v) is 8.13. The lowest BCUT2D eigenvalue weighted by Gasteiger charge is -2.27. The van der Waals surface area contributed by atoms with E-state index in [0.29, 0.717) is 13.1 Å². The summed E-state index contributed by atoms with van der Waals surface area (Å²) in [5.74, 6) is -1.25. The van der Waals surface area contributed by atoms with Crippen molar-refractivity contribution in [1.82, 2.24) is 14.7 Å². The van der Waals surface area contributed by atoms with Crippen LogP contribution in [0.2, 0.25) is 0 Å². The molecule has 1 aromatic heterocycles. The van der Waals surface area contributed by atoms with Gasteiger partial charge in [0.2, 0.25) is 0 Å². The van der Waals surface area contributed by atoms with Crippen LogP contribution < -0.4 is 0 Å². The van der Waals surface area contributed by atoms with Crippen molar-refractivity contribution >= 4 is 0 Å². The fourth-order valence-electron chi connectivity index (χ4n) is 2.79. The van der Waals surface area contributed by atoms with Gasteiger partial charge in [0.25, 0.3) is 0 Å². The van der Waals surface area contributed by atoms with Crippen LogP contribution in [0.1, 0.15) is 37.7 Å². The van der Waals surface area contributed by atoms with Crippen LogP contribution in [-0.2, 0) is 6.54 Å². The summed E-state index contributed by atoms with van der Waals surface area (Å²) in [5.41, 5.74) is 2.84. The number of nitrogens with zero attached hydrogens (tertiary/aromatic N) is 3. The number of aromatic nitrogens is 2. The highest BCUT2D eigenvalue weighted by Gasteiger charge is 2.20. The van der Waals surface area contributed by atoms with Crippen LogP contribution in [0.4, 0.5) is 8.78 Å². The van der Waals surface area contributed by atoms with E-state index in [4.69, 9.17) is 0 Å². The van der Waals surface area contributed by atoms with Gasteiger partial charge in [-0.2, -0.15) is 5.10 Å². The van der Waals surface area contributed by atoms with E-state index in [1.807, 2.05) is 13.8 Å². The molecule has 0 saturated heterocycles. The molecule has 132 valence electrons. The van der Waals surface area contributed by atoms with E-state index < -0.39 is 17.7 Å². The van der Waals surface area contributed by atoms with Crippen molar-refractivity contribution in [3.63, 3.8) is 0 Å². The fraction of sp³-hybridized carbons (Fsp3) is 0.500. The van der Waals surface area contributed by atoms with E-state index in [9.17, 15) is 13.9 Å². The van der Waals surface area contributed by atoms with Crippen LogP contribution in [0.5, 0.6) is 0 Å². The fourth-order valence-corrected chi connectivity index (χ4v) is 2.79. The second kappa shape index (κ2) is 7.40. The Morgan fingerprint density at radius 3 is 2.42 bits per heavy atom. The van der Waals surface area contributed by atoms with E-state index in [2.05, 4.69) is 23.8 Å². The Kier molecular flexibility index (Phi) is 5.72. The Balaban J connectivity index is 2.38. The highest BCUT2D eigenvalue weighted by Crippen LogP contribution is 2.22. The molecular weight excluding hydrogens is 312 g/mol. The molecule has 24 heavy (non-hydrogen) atoms. The van der Waals surface area contributed by atoms with Gasteiger partial charge in [0.1, 0.15) is 11.5 Å². The summed E-state index contributed by atoms with van der Waals surface area (Å²) in [6.45, 7) is 10.8. The Bertz CT molecular complexity index is 711. The van der Waals surface area contributed by atoms with Crippen LogP contribution in [-0.4, -0.2) is 38.5 Å². The largest absolute Gasteiger partial charge is 0.392 e. The monoisotopic (exact) mass is 337 g/mol. The molecule has 0 amide bonds. The van der Waals surface area contributed by atoms with E-state index in [1.54, 1.807) is 6.92 Å². The zero-order chi connectivity index (χ0) is 18.0. The number of hydrogen-bond donors (Lipinski definition) is 1. The summed E-state index contributed by atoms with van der Waals surface area (Å²) in [5, 5.41) is 14.1. The van der Waals surface area contributed by atoms with Crippen LogP contribution in [0.3, 0.4) is 0 Å². The average molecular weight is 337 g/mol. The van der Waals surface area contributed by atoms with Crippen molar-refractivity contribution in [2.45, 2.75) is 53.3 Å². The van der Waals surface area contributed by atoms with Crippen LogP contribution in [0, 0.1) is 25.5 Å². The van der Waals surface area contributed by atoms with Gasteiger partial charge < -0.3 is 5.11 Å². The summed E-state index contributed by atoms with van der Waals surface area (Å²) in [7, 11) is 0. The maximum Gasteiger partial charge on any atom is 0.151 e. The zero-order valence-electron chi connectivity index (χ0n) is 14.8. The van der Waals surface area contributed by atoms with Crippen LogP contribution in [0.15, 0.2) is 18.2 Å². The number of halogens is 2. The molecule has 1 N–H and O–H groups in total. The first-order chi connectivity index (χ1) is 11.2. The van der Waals surface area contributed by atoms with E-state index in [1.165, 1.54) is 16.8 Å². The normalized spacial score (nSPS) is 13.1.